The zero-order chi connectivity index (χ0) is 14.1. The number of alkyl halides is 2. The molecule has 2 bridgehead atoms. The molecule has 2 aliphatic carbocycles. The Labute approximate surface area is 116 Å². The van der Waals surface area contributed by atoms with Crippen molar-refractivity contribution in [2.45, 2.75) is 44.7 Å². The van der Waals surface area contributed by atoms with Crippen LogP contribution in [0.4, 0.5) is 8.78 Å². The fraction of sp³-hybridized carbons (Fsp3) is 0.600. The Morgan fingerprint density at radius 3 is 2.40 bits per heavy atom. The number of hydrogen-bond donors (Lipinski definition) is 1. The molecule has 1 aromatic carbocycles. The molecule has 1 aromatic rings. The van der Waals surface area contributed by atoms with Crippen LogP contribution in [0, 0.1) is 11.8 Å². The van der Waals surface area contributed by atoms with Crippen molar-refractivity contribution in [3.8, 4) is 5.75 Å². The van der Waals surface area contributed by atoms with Gasteiger partial charge in [-0.15, -0.1) is 0 Å². The van der Waals surface area contributed by atoms with Crippen LogP contribution in [0.1, 0.15) is 37.5 Å². The molecule has 0 heterocycles. The molecule has 3 nitrogen and oxygen atoms in total. The topological polar surface area (TPSA) is 38.7 Å². The Hall–Kier alpha value is -1.20. The van der Waals surface area contributed by atoms with Gasteiger partial charge in [0, 0.05) is 5.56 Å². The number of fused-ring (bicyclic) bond motifs is 2. The van der Waals surface area contributed by atoms with Gasteiger partial charge in [-0.25, -0.2) is 0 Å². The maximum atomic E-state index is 12.0. The summed E-state index contributed by atoms with van der Waals surface area (Å²) in [5.41, 5.74) is 0.564. The lowest BCUT2D eigenvalue weighted by molar-refractivity contribution is -0.153. The van der Waals surface area contributed by atoms with Crippen molar-refractivity contribution in [1.29, 1.82) is 0 Å². The van der Waals surface area contributed by atoms with E-state index in [9.17, 15) is 13.9 Å². The number of benzene rings is 1. The number of aliphatic hydroxyl groups excluding tert-OH is 1. The standard InChI is InChI=1S/C15H18F2O3/c16-15(17)19-12-5-3-10(4-6-12)14(18)20-13-8-9-1-2-11(13)7-9/h3-6,9,11,13-15,18H,1-2,7-8H2. The number of rotatable bonds is 5. The summed E-state index contributed by atoms with van der Waals surface area (Å²) in [5.74, 6) is 1.39. The van der Waals surface area contributed by atoms with Crippen molar-refractivity contribution in [3.05, 3.63) is 29.8 Å². The SMILES string of the molecule is OC(OC1CC2CCC1C2)c1ccc(OC(F)F)cc1. The number of hydrogen-bond acceptors (Lipinski definition) is 3. The Kier molecular flexibility index (Phi) is 3.89. The van der Waals surface area contributed by atoms with Gasteiger partial charge < -0.3 is 14.6 Å². The van der Waals surface area contributed by atoms with Crippen LogP contribution in [0.15, 0.2) is 24.3 Å². The van der Waals surface area contributed by atoms with E-state index in [0.717, 1.165) is 12.3 Å². The molecule has 110 valence electrons. The summed E-state index contributed by atoms with van der Waals surface area (Å²) in [6, 6.07) is 5.93. The monoisotopic (exact) mass is 284 g/mol. The molecule has 0 saturated heterocycles. The van der Waals surface area contributed by atoms with E-state index >= 15 is 0 Å². The second-order valence-corrected chi connectivity index (χ2v) is 5.65. The summed E-state index contributed by atoms with van der Waals surface area (Å²) in [7, 11) is 0. The van der Waals surface area contributed by atoms with Crippen LogP contribution in [0.2, 0.25) is 0 Å². The fourth-order valence-corrected chi connectivity index (χ4v) is 3.41. The number of halogens is 2. The van der Waals surface area contributed by atoms with Crippen molar-refractivity contribution >= 4 is 0 Å². The van der Waals surface area contributed by atoms with Crippen molar-refractivity contribution in [1.82, 2.24) is 0 Å². The van der Waals surface area contributed by atoms with E-state index in [1.165, 1.54) is 31.4 Å². The van der Waals surface area contributed by atoms with Crippen molar-refractivity contribution in [2.75, 3.05) is 0 Å². The summed E-state index contributed by atoms with van der Waals surface area (Å²) in [5, 5.41) is 10.1. The molecule has 5 heteroatoms. The van der Waals surface area contributed by atoms with E-state index in [2.05, 4.69) is 4.74 Å². The van der Waals surface area contributed by atoms with Gasteiger partial charge in [0.2, 0.25) is 0 Å². The minimum Gasteiger partial charge on any atom is -0.435 e. The molecule has 0 aliphatic heterocycles. The summed E-state index contributed by atoms with van der Waals surface area (Å²) < 4.78 is 34.1. The van der Waals surface area contributed by atoms with E-state index < -0.39 is 12.9 Å². The highest BCUT2D eigenvalue weighted by Gasteiger charge is 2.41. The third kappa shape index (κ3) is 2.94. The summed E-state index contributed by atoms with van der Waals surface area (Å²) in [4.78, 5) is 0. The molecule has 0 spiro atoms. The molecule has 2 saturated carbocycles. The molecule has 0 amide bonds. The lowest BCUT2D eigenvalue weighted by Gasteiger charge is -2.25. The summed E-state index contributed by atoms with van der Waals surface area (Å²) in [6.45, 7) is -2.84. The highest BCUT2D eigenvalue weighted by Crippen LogP contribution is 2.46. The summed E-state index contributed by atoms with van der Waals surface area (Å²) >= 11 is 0. The largest absolute Gasteiger partial charge is 0.435 e. The Morgan fingerprint density at radius 2 is 1.85 bits per heavy atom. The average Bonchev–Trinajstić information content (AvgIpc) is 3.01. The smallest absolute Gasteiger partial charge is 0.387 e. The van der Waals surface area contributed by atoms with E-state index in [0.29, 0.717) is 11.5 Å². The molecule has 4 atom stereocenters. The van der Waals surface area contributed by atoms with Gasteiger partial charge in [-0.3, -0.25) is 0 Å². The zero-order valence-electron chi connectivity index (χ0n) is 11.0. The van der Waals surface area contributed by atoms with E-state index in [4.69, 9.17) is 4.74 Å². The second kappa shape index (κ2) is 5.66. The van der Waals surface area contributed by atoms with Crippen LogP contribution < -0.4 is 4.74 Å². The van der Waals surface area contributed by atoms with Crippen LogP contribution in [-0.2, 0) is 4.74 Å². The first-order valence-electron chi connectivity index (χ1n) is 7.00. The third-order valence-electron chi connectivity index (χ3n) is 4.37. The highest BCUT2D eigenvalue weighted by atomic mass is 19.3. The molecule has 2 aliphatic rings. The van der Waals surface area contributed by atoms with Gasteiger partial charge >= 0.3 is 6.61 Å². The van der Waals surface area contributed by atoms with Gasteiger partial charge in [-0.2, -0.15) is 8.78 Å². The molecule has 0 radical (unpaired) electrons. The molecule has 2 fully saturated rings. The summed E-state index contributed by atoms with van der Waals surface area (Å²) in [6.07, 6.45) is 3.82. The Balaban J connectivity index is 1.58. The Morgan fingerprint density at radius 1 is 1.10 bits per heavy atom. The predicted octanol–water partition coefficient (Wildman–Crippen LogP) is 3.48. The zero-order valence-corrected chi connectivity index (χ0v) is 11.0. The first-order valence-corrected chi connectivity index (χ1v) is 7.00. The first kappa shape index (κ1) is 13.8. The molecule has 1 N–H and O–H groups in total. The van der Waals surface area contributed by atoms with Gasteiger partial charge in [0.05, 0.1) is 6.10 Å². The number of aliphatic hydroxyl groups is 1. The fourth-order valence-electron chi connectivity index (χ4n) is 3.41. The second-order valence-electron chi connectivity index (χ2n) is 5.65. The van der Waals surface area contributed by atoms with Crippen LogP contribution in [0.25, 0.3) is 0 Å². The predicted molar refractivity (Wildman–Crippen MR) is 68.4 cm³/mol. The van der Waals surface area contributed by atoms with Crippen molar-refractivity contribution in [3.63, 3.8) is 0 Å². The van der Waals surface area contributed by atoms with Gasteiger partial charge in [0.25, 0.3) is 0 Å². The molecule has 4 unspecified atom stereocenters. The molecule has 0 aromatic heterocycles. The van der Waals surface area contributed by atoms with E-state index in [-0.39, 0.29) is 11.9 Å². The average molecular weight is 284 g/mol. The van der Waals surface area contributed by atoms with Gasteiger partial charge in [-0.05, 0) is 49.7 Å². The van der Waals surface area contributed by atoms with Gasteiger partial charge in [0.1, 0.15) is 5.75 Å². The normalized spacial score (nSPS) is 29.9. The minimum atomic E-state index is -2.84. The molecule has 20 heavy (non-hydrogen) atoms. The molecule has 3 rings (SSSR count). The Bertz CT molecular complexity index is 449. The van der Waals surface area contributed by atoms with Crippen LogP contribution in [0.5, 0.6) is 5.75 Å². The lowest BCUT2D eigenvalue weighted by atomic mass is 9.97. The quantitative estimate of drug-likeness (QED) is 0.841. The first-order chi connectivity index (χ1) is 9.61. The van der Waals surface area contributed by atoms with E-state index in [1.807, 2.05) is 0 Å². The highest BCUT2D eigenvalue weighted by molar-refractivity contribution is 5.27. The van der Waals surface area contributed by atoms with Crippen molar-refractivity contribution < 1.29 is 23.4 Å². The van der Waals surface area contributed by atoms with Gasteiger partial charge in [0.15, 0.2) is 6.29 Å². The third-order valence-corrected chi connectivity index (χ3v) is 4.37. The maximum Gasteiger partial charge on any atom is 0.387 e. The van der Waals surface area contributed by atoms with Crippen LogP contribution >= 0.6 is 0 Å². The molecular weight excluding hydrogens is 266 g/mol. The maximum absolute atomic E-state index is 12.0. The van der Waals surface area contributed by atoms with Gasteiger partial charge in [-0.1, -0.05) is 12.1 Å². The van der Waals surface area contributed by atoms with Crippen molar-refractivity contribution in [2.24, 2.45) is 11.8 Å². The number of ether oxygens (including phenoxy) is 2. The lowest BCUT2D eigenvalue weighted by Crippen LogP contribution is -2.22. The van der Waals surface area contributed by atoms with Crippen LogP contribution in [0.3, 0.4) is 0 Å². The minimum absolute atomic E-state index is 0.0795. The van der Waals surface area contributed by atoms with Crippen LogP contribution in [-0.4, -0.2) is 17.8 Å². The van der Waals surface area contributed by atoms with E-state index in [1.54, 1.807) is 12.1 Å². The molecular formula is C15H18F2O3.